The summed E-state index contributed by atoms with van der Waals surface area (Å²) in [6.45, 7) is 8.16. The van der Waals surface area contributed by atoms with Crippen LogP contribution in [-0.2, 0) is 24.5 Å². The number of nitrogens with zero attached hydrogens (tertiary/aromatic N) is 2. The Bertz CT molecular complexity index is 1540. The minimum atomic E-state index is -0.811. The molecule has 3 aliphatic rings. The molecule has 2 fully saturated rings. The van der Waals surface area contributed by atoms with Gasteiger partial charge in [0.05, 0.1) is 4.92 Å². The summed E-state index contributed by atoms with van der Waals surface area (Å²) >= 11 is 0. The molecule has 4 amide bonds. The zero-order valence-electron chi connectivity index (χ0n) is 29.0. The Morgan fingerprint density at radius 2 is 1.63 bits per heavy atom. The minimum absolute atomic E-state index is 0.0350. The number of hydrogen-bond acceptors (Lipinski definition) is 7. The van der Waals surface area contributed by atoms with Crippen LogP contribution in [0.25, 0.3) is 0 Å². The van der Waals surface area contributed by atoms with Crippen LogP contribution >= 0.6 is 0 Å². The maximum absolute atomic E-state index is 14.0. The van der Waals surface area contributed by atoms with E-state index in [2.05, 4.69) is 28.1 Å². The molecule has 1 saturated heterocycles. The lowest BCUT2D eigenvalue weighted by Crippen LogP contribution is -2.56. The fraction of sp³-hybridized carbons (Fsp3) is 0.568. The van der Waals surface area contributed by atoms with Gasteiger partial charge in [-0.2, -0.15) is 0 Å². The molecular weight excluding hydrogens is 626 g/mol. The molecule has 1 unspecified atom stereocenters. The van der Waals surface area contributed by atoms with E-state index in [0.717, 1.165) is 56.9 Å². The zero-order chi connectivity index (χ0) is 35.3. The first-order valence-corrected chi connectivity index (χ1v) is 17.5. The standard InChI is InChI=1S/C37H49N5O7/c1-24(33(44)39-27-14-16-28(17-15-27)42(47)48)38-31(43)22-26-23-37(30-13-9-8-12-29(26)30)18-20-41(21-19-37)34(45)32(25-10-6-5-7-11-25)40-35(46)49-36(2,3)4/h8-9,12-17,24-26,32H,5-7,10-11,18-23H2,1-4H3,(H,38,43)(H,39,44)(H,40,46)/t24-,26?,32-/m0/s1. The Labute approximate surface area is 287 Å². The summed E-state index contributed by atoms with van der Waals surface area (Å²) in [5, 5.41) is 19.4. The molecule has 0 aromatic heterocycles. The highest BCUT2D eigenvalue weighted by atomic mass is 16.6. The van der Waals surface area contributed by atoms with E-state index in [1.165, 1.54) is 29.8 Å². The summed E-state index contributed by atoms with van der Waals surface area (Å²) < 4.78 is 5.53. The van der Waals surface area contributed by atoms with Crippen molar-refractivity contribution in [2.75, 3.05) is 18.4 Å². The number of likely N-dealkylation sites (tertiary alicyclic amines) is 1. The number of hydrogen-bond donors (Lipinski definition) is 3. The van der Waals surface area contributed by atoms with Gasteiger partial charge in [-0.25, -0.2) is 4.79 Å². The number of nitro groups is 1. The van der Waals surface area contributed by atoms with Gasteiger partial charge < -0.3 is 25.6 Å². The number of amides is 4. The molecule has 5 rings (SSSR count). The summed E-state index contributed by atoms with van der Waals surface area (Å²) in [6.07, 6.45) is 6.98. The molecule has 2 aromatic rings. The first-order chi connectivity index (χ1) is 23.2. The summed E-state index contributed by atoms with van der Waals surface area (Å²) in [7, 11) is 0. The van der Waals surface area contributed by atoms with Gasteiger partial charge in [-0.1, -0.05) is 43.5 Å². The van der Waals surface area contributed by atoms with E-state index >= 15 is 0 Å². The summed E-state index contributed by atoms with van der Waals surface area (Å²) in [5.41, 5.74) is 1.84. The lowest BCUT2D eigenvalue weighted by Gasteiger charge is -2.42. The number of nitrogens with one attached hydrogen (secondary N) is 3. The Hall–Kier alpha value is -4.48. The van der Waals surface area contributed by atoms with E-state index in [0.29, 0.717) is 18.8 Å². The molecule has 0 radical (unpaired) electrons. The van der Waals surface area contributed by atoms with Crippen LogP contribution in [-0.4, -0.2) is 64.4 Å². The van der Waals surface area contributed by atoms with Crippen LogP contribution in [0, 0.1) is 16.0 Å². The van der Waals surface area contributed by atoms with Crippen molar-refractivity contribution < 1.29 is 28.8 Å². The monoisotopic (exact) mass is 675 g/mol. The molecule has 12 nitrogen and oxygen atoms in total. The Morgan fingerprint density at radius 1 is 0.980 bits per heavy atom. The molecule has 1 saturated carbocycles. The largest absolute Gasteiger partial charge is 0.444 e. The van der Waals surface area contributed by atoms with E-state index in [1.54, 1.807) is 6.92 Å². The molecule has 1 aliphatic heterocycles. The van der Waals surface area contributed by atoms with Gasteiger partial charge in [0.15, 0.2) is 0 Å². The molecule has 3 N–H and O–H groups in total. The van der Waals surface area contributed by atoms with E-state index in [9.17, 15) is 29.3 Å². The van der Waals surface area contributed by atoms with Crippen LogP contribution in [0.3, 0.4) is 0 Å². The van der Waals surface area contributed by atoms with E-state index in [-0.39, 0.29) is 41.2 Å². The topological polar surface area (TPSA) is 160 Å². The van der Waals surface area contributed by atoms with Crippen LogP contribution in [0.2, 0.25) is 0 Å². The number of carbonyl (C=O) groups is 4. The van der Waals surface area contributed by atoms with Crippen LogP contribution in [0.1, 0.15) is 103 Å². The van der Waals surface area contributed by atoms with Crippen LogP contribution < -0.4 is 16.0 Å². The van der Waals surface area contributed by atoms with Gasteiger partial charge in [-0.3, -0.25) is 24.5 Å². The van der Waals surface area contributed by atoms with E-state index in [1.807, 2.05) is 37.8 Å². The highest BCUT2D eigenvalue weighted by molar-refractivity contribution is 5.97. The first kappa shape index (κ1) is 35.8. The lowest BCUT2D eigenvalue weighted by atomic mass is 9.73. The third-order valence-electron chi connectivity index (χ3n) is 10.2. The first-order valence-electron chi connectivity index (χ1n) is 17.5. The van der Waals surface area contributed by atoms with Crippen molar-refractivity contribution in [3.8, 4) is 0 Å². The normalized spacial score (nSPS) is 20.1. The Kier molecular flexibility index (Phi) is 10.9. The van der Waals surface area contributed by atoms with Crippen molar-refractivity contribution in [1.29, 1.82) is 0 Å². The molecule has 49 heavy (non-hydrogen) atoms. The van der Waals surface area contributed by atoms with Gasteiger partial charge in [0.1, 0.15) is 17.7 Å². The van der Waals surface area contributed by atoms with Gasteiger partial charge in [0.25, 0.3) is 5.69 Å². The maximum atomic E-state index is 14.0. The van der Waals surface area contributed by atoms with Crippen molar-refractivity contribution >= 4 is 35.2 Å². The van der Waals surface area contributed by atoms with E-state index < -0.39 is 34.6 Å². The molecule has 0 bridgehead atoms. The second-order valence-corrected chi connectivity index (χ2v) is 14.9. The van der Waals surface area contributed by atoms with Crippen molar-refractivity contribution in [1.82, 2.24) is 15.5 Å². The SMILES string of the molecule is C[C@H](NC(=O)CC1CC2(CCN(C(=O)[C@@H](NC(=O)OC(C)(C)C)C3CCCCC3)CC2)c2ccccc21)C(=O)Nc1ccc([N+](=O)[O-])cc1. The molecule has 1 heterocycles. The van der Waals surface area contributed by atoms with Crippen molar-refractivity contribution in [3.63, 3.8) is 0 Å². The highest BCUT2D eigenvalue weighted by Gasteiger charge is 2.47. The fourth-order valence-electron chi connectivity index (χ4n) is 7.82. The summed E-state index contributed by atoms with van der Waals surface area (Å²) in [5.74, 6) is -0.657. The predicted octanol–water partition coefficient (Wildman–Crippen LogP) is 5.95. The Balaban J connectivity index is 1.20. The zero-order valence-corrected chi connectivity index (χ0v) is 29.0. The molecule has 2 aliphatic carbocycles. The smallest absolute Gasteiger partial charge is 0.408 e. The third-order valence-corrected chi connectivity index (χ3v) is 10.2. The number of nitro benzene ring substituents is 1. The predicted molar refractivity (Wildman–Crippen MR) is 185 cm³/mol. The molecule has 264 valence electrons. The molecule has 1 spiro atoms. The third kappa shape index (κ3) is 8.76. The van der Waals surface area contributed by atoms with Crippen LogP contribution in [0.4, 0.5) is 16.2 Å². The van der Waals surface area contributed by atoms with Gasteiger partial charge in [0, 0.05) is 37.3 Å². The molecular formula is C37H49N5O7. The number of rotatable bonds is 9. The Morgan fingerprint density at radius 3 is 2.27 bits per heavy atom. The highest BCUT2D eigenvalue weighted by Crippen LogP contribution is 2.52. The number of piperidine rings is 1. The average molecular weight is 676 g/mol. The van der Waals surface area contributed by atoms with Gasteiger partial charge >= 0.3 is 6.09 Å². The average Bonchev–Trinajstić information content (AvgIpc) is 3.35. The van der Waals surface area contributed by atoms with Gasteiger partial charge in [-0.15, -0.1) is 0 Å². The number of fused-ring (bicyclic) bond motifs is 2. The molecule has 3 atom stereocenters. The number of non-ortho nitro benzene ring substituents is 1. The van der Waals surface area contributed by atoms with Crippen LogP contribution in [0.5, 0.6) is 0 Å². The second kappa shape index (κ2) is 15.0. The second-order valence-electron chi connectivity index (χ2n) is 14.9. The van der Waals surface area contributed by atoms with Crippen LogP contribution in [0.15, 0.2) is 48.5 Å². The quantitative estimate of drug-likeness (QED) is 0.219. The minimum Gasteiger partial charge on any atom is -0.444 e. The van der Waals surface area contributed by atoms with Gasteiger partial charge in [0.2, 0.25) is 17.7 Å². The van der Waals surface area contributed by atoms with E-state index in [4.69, 9.17) is 4.74 Å². The maximum Gasteiger partial charge on any atom is 0.408 e. The molecule has 2 aromatic carbocycles. The summed E-state index contributed by atoms with van der Waals surface area (Å²) in [6, 6.07) is 12.3. The number of ether oxygens (including phenoxy) is 1. The number of benzene rings is 2. The van der Waals surface area contributed by atoms with Crippen molar-refractivity contribution in [2.45, 2.75) is 114 Å². The number of carbonyl (C=O) groups excluding carboxylic acids is 4. The molecule has 12 heteroatoms. The number of alkyl carbamates (subject to hydrolysis) is 1. The fourth-order valence-corrected chi connectivity index (χ4v) is 7.82. The van der Waals surface area contributed by atoms with Gasteiger partial charge in [-0.05, 0) is 100 Å². The lowest BCUT2D eigenvalue weighted by molar-refractivity contribution is -0.384. The number of anilines is 1. The van der Waals surface area contributed by atoms with Crippen molar-refractivity contribution in [3.05, 3.63) is 69.8 Å². The summed E-state index contributed by atoms with van der Waals surface area (Å²) in [4.78, 5) is 65.1. The van der Waals surface area contributed by atoms with Crippen molar-refractivity contribution in [2.24, 2.45) is 5.92 Å².